The summed E-state index contributed by atoms with van der Waals surface area (Å²) in [4.78, 5) is 22.6. The van der Waals surface area contributed by atoms with E-state index in [9.17, 15) is 9.59 Å². The molecule has 0 saturated carbocycles. The normalized spacial score (nSPS) is 10.4. The molecule has 2 aromatic rings. The quantitative estimate of drug-likeness (QED) is 0.667. The van der Waals surface area contributed by atoms with Crippen molar-refractivity contribution >= 4 is 18.1 Å². The molecule has 1 aromatic carbocycles. The molecule has 6 nitrogen and oxygen atoms in total. The molecule has 0 saturated heterocycles. The highest BCUT2D eigenvalue weighted by Gasteiger charge is 2.18. The van der Waals surface area contributed by atoms with Crippen LogP contribution in [0.2, 0.25) is 0 Å². The zero-order valence-electron chi connectivity index (χ0n) is 12.0. The fraction of sp³-hybridized carbons (Fsp3) is 0.267. The predicted octanol–water partition coefficient (Wildman–Crippen LogP) is 1.68. The molecule has 6 heteroatoms. The Balaban J connectivity index is 2.44. The van der Waals surface area contributed by atoms with E-state index in [1.807, 2.05) is 24.3 Å². The second-order valence-corrected chi connectivity index (χ2v) is 4.55. The summed E-state index contributed by atoms with van der Waals surface area (Å²) in [5.41, 5.74) is 8.59. The van der Waals surface area contributed by atoms with Gasteiger partial charge < -0.3 is 10.5 Å². The summed E-state index contributed by atoms with van der Waals surface area (Å²) in [6.07, 6.45) is 1.58. The molecular formula is C15H17N3O3. The number of aromatic nitrogens is 2. The van der Waals surface area contributed by atoms with Crippen LogP contribution < -0.4 is 5.73 Å². The summed E-state index contributed by atoms with van der Waals surface area (Å²) in [5.74, 6) is -0.320. The van der Waals surface area contributed by atoms with E-state index in [0.717, 1.165) is 12.0 Å². The maximum absolute atomic E-state index is 11.3. The van der Waals surface area contributed by atoms with Crippen molar-refractivity contribution in [3.8, 4) is 11.3 Å². The van der Waals surface area contributed by atoms with Crippen LogP contribution in [0.15, 0.2) is 24.3 Å². The molecule has 0 bridgehead atoms. The number of carbonyl (C=O) groups excluding carboxylic acids is 2. The molecule has 1 aromatic heterocycles. The molecule has 1 heterocycles. The third-order valence-electron chi connectivity index (χ3n) is 3.29. The van der Waals surface area contributed by atoms with E-state index < -0.39 is 5.97 Å². The minimum atomic E-state index is -0.477. The highest BCUT2D eigenvalue weighted by molar-refractivity contribution is 5.91. The van der Waals surface area contributed by atoms with Crippen molar-refractivity contribution in [3.63, 3.8) is 0 Å². The third kappa shape index (κ3) is 2.94. The number of methoxy groups -OCH3 is 1. The number of rotatable bonds is 5. The van der Waals surface area contributed by atoms with Crippen LogP contribution in [-0.2, 0) is 22.5 Å². The number of ether oxygens (including phenoxy) is 1. The van der Waals surface area contributed by atoms with Gasteiger partial charge in [0.2, 0.25) is 0 Å². The Morgan fingerprint density at radius 2 is 2.05 bits per heavy atom. The van der Waals surface area contributed by atoms with E-state index in [0.29, 0.717) is 12.0 Å². The van der Waals surface area contributed by atoms with Crippen LogP contribution in [0, 0.1) is 0 Å². The molecule has 2 rings (SSSR count). The zero-order chi connectivity index (χ0) is 15.4. The average Bonchev–Trinajstić information content (AvgIpc) is 2.83. The SMILES string of the molecule is CCc1ccc(-c2nn(CC(=O)OC)c(N)c2C=O)cc1. The fourth-order valence-electron chi connectivity index (χ4n) is 2.02. The molecule has 110 valence electrons. The Hall–Kier alpha value is -2.63. The summed E-state index contributed by atoms with van der Waals surface area (Å²) >= 11 is 0. The highest BCUT2D eigenvalue weighted by atomic mass is 16.5. The van der Waals surface area contributed by atoms with Crippen LogP contribution >= 0.6 is 0 Å². The smallest absolute Gasteiger partial charge is 0.327 e. The van der Waals surface area contributed by atoms with E-state index in [1.165, 1.54) is 17.4 Å². The predicted molar refractivity (Wildman–Crippen MR) is 78.9 cm³/mol. The van der Waals surface area contributed by atoms with Gasteiger partial charge in [0.25, 0.3) is 0 Å². The van der Waals surface area contributed by atoms with E-state index in [2.05, 4.69) is 16.8 Å². The number of anilines is 1. The molecule has 0 fully saturated rings. The topological polar surface area (TPSA) is 87.2 Å². The molecule has 0 aliphatic heterocycles. The Bertz CT molecular complexity index is 660. The van der Waals surface area contributed by atoms with Crippen LogP contribution in [0.3, 0.4) is 0 Å². The number of hydrogen-bond donors (Lipinski definition) is 1. The molecule has 0 spiro atoms. The Morgan fingerprint density at radius 1 is 1.38 bits per heavy atom. The number of nitrogens with two attached hydrogens (primary N) is 1. The zero-order valence-corrected chi connectivity index (χ0v) is 12.0. The van der Waals surface area contributed by atoms with Crippen LogP contribution in [0.25, 0.3) is 11.3 Å². The monoisotopic (exact) mass is 287 g/mol. The molecule has 0 atom stereocenters. The number of aldehydes is 1. The first-order valence-electron chi connectivity index (χ1n) is 6.58. The van der Waals surface area contributed by atoms with Gasteiger partial charge >= 0.3 is 5.97 Å². The van der Waals surface area contributed by atoms with Crippen LogP contribution in [0.1, 0.15) is 22.8 Å². The van der Waals surface area contributed by atoms with Gasteiger partial charge in [0, 0.05) is 5.56 Å². The van der Waals surface area contributed by atoms with Gasteiger partial charge in [-0.2, -0.15) is 5.10 Å². The van der Waals surface area contributed by atoms with Gasteiger partial charge in [-0.05, 0) is 12.0 Å². The van der Waals surface area contributed by atoms with Crippen LogP contribution in [-0.4, -0.2) is 29.1 Å². The maximum atomic E-state index is 11.3. The largest absolute Gasteiger partial charge is 0.468 e. The minimum Gasteiger partial charge on any atom is -0.468 e. The van der Waals surface area contributed by atoms with E-state index in [-0.39, 0.29) is 17.9 Å². The van der Waals surface area contributed by atoms with Crippen molar-refractivity contribution in [1.82, 2.24) is 9.78 Å². The standard InChI is InChI=1S/C15H17N3O3/c1-3-10-4-6-11(7-5-10)14-12(9-19)15(16)18(17-14)8-13(20)21-2/h4-7,9H,3,8,16H2,1-2H3. The van der Waals surface area contributed by atoms with Gasteiger partial charge in [-0.25, -0.2) is 4.68 Å². The molecule has 0 unspecified atom stereocenters. The Labute approximate surface area is 122 Å². The number of hydrogen-bond acceptors (Lipinski definition) is 5. The van der Waals surface area contributed by atoms with E-state index >= 15 is 0 Å². The molecule has 0 aliphatic carbocycles. The van der Waals surface area contributed by atoms with E-state index in [4.69, 9.17) is 5.73 Å². The summed E-state index contributed by atoms with van der Waals surface area (Å²) in [6.45, 7) is 1.94. The number of aryl methyl sites for hydroxylation is 1. The summed E-state index contributed by atoms with van der Waals surface area (Å²) in [7, 11) is 1.28. The molecule has 21 heavy (non-hydrogen) atoms. The third-order valence-corrected chi connectivity index (χ3v) is 3.29. The van der Waals surface area contributed by atoms with E-state index in [1.54, 1.807) is 0 Å². The number of esters is 1. The van der Waals surface area contributed by atoms with Crippen molar-refractivity contribution in [3.05, 3.63) is 35.4 Å². The molecule has 0 aliphatic rings. The van der Waals surface area contributed by atoms with Crippen molar-refractivity contribution in [2.24, 2.45) is 0 Å². The van der Waals surface area contributed by atoms with Crippen molar-refractivity contribution in [1.29, 1.82) is 0 Å². The molecular weight excluding hydrogens is 270 g/mol. The first kappa shape index (κ1) is 14.8. The maximum Gasteiger partial charge on any atom is 0.327 e. The van der Waals surface area contributed by atoms with Gasteiger partial charge in [0.15, 0.2) is 6.29 Å². The van der Waals surface area contributed by atoms with Gasteiger partial charge in [0.05, 0.1) is 12.7 Å². The number of carbonyl (C=O) groups is 2. The first-order chi connectivity index (χ1) is 10.1. The van der Waals surface area contributed by atoms with Gasteiger partial charge in [-0.1, -0.05) is 31.2 Å². The van der Waals surface area contributed by atoms with Crippen molar-refractivity contribution in [2.45, 2.75) is 19.9 Å². The number of benzene rings is 1. The lowest BCUT2D eigenvalue weighted by Crippen LogP contribution is -2.14. The summed E-state index contributed by atoms with van der Waals surface area (Å²) < 4.78 is 5.86. The first-order valence-corrected chi connectivity index (χ1v) is 6.58. The summed E-state index contributed by atoms with van der Waals surface area (Å²) in [6, 6.07) is 7.71. The number of nitrogen functional groups attached to an aromatic ring is 1. The lowest BCUT2D eigenvalue weighted by atomic mass is 10.1. The Kier molecular flexibility index (Phi) is 4.37. The average molecular weight is 287 g/mol. The van der Waals surface area contributed by atoms with Crippen molar-refractivity contribution < 1.29 is 14.3 Å². The van der Waals surface area contributed by atoms with Crippen LogP contribution in [0.5, 0.6) is 0 Å². The second-order valence-electron chi connectivity index (χ2n) is 4.55. The fourth-order valence-corrected chi connectivity index (χ4v) is 2.02. The van der Waals surface area contributed by atoms with Crippen LogP contribution in [0.4, 0.5) is 5.82 Å². The lowest BCUT2D eigenvalue weighted by molar-refractivity contribution is -0.141. The lowest BCUT2D eigenvalue weighted by Gasteiger charge is -2.01. The number of nitrogens with zero attached hydrogens (tertiary/aromatic N) is 2. The van der Waals surface area contributed by atoms with Crippen molar-refractivity contribution in [2.75, 3.05) is 12.8 Å². The molecule has 0 radical (unpaired) electrons. The highest BCUT2D eigenvalue weighted by Crippen LogP contribution is 2.26. The van der Waals surface area contributed by atoms with Gasteiger partial charge in [-0.3, -0.25) is 9.59 Å². The minimum absolute atomic E-state index is 0.129. The Morgan fingerprint density at radius 3 is 2.57 bits per heavy atom. The van der Waals surface area contributed by atoms with Gasteiger partial charge in [0.1, 0.15) is 18.1 Å². The summed E-state index contributed by atoms with van der Waals surface area (Å²) in [5, 5.41) is 4.25. The molecule has 2 N–H and O–H groups in total. The molecule has 0 amide bonds. The second kappa shape index (κ2) is 6.21. The van der Waals surface area contributed by atoms with Gasteiger partial charge in [-0.15, -0.1) is 0 Å².